The number of hydrogen-bond donors (Lipinski definition) is 1. The predicted octanol–water partition coefficient (Wildman–Crippen LogP) is 2.49. The van der Waals surface area contributed by atoms with Crippen LogP contribution in [-0.4, -0.2) is 28.6 Å². The van der Waals surface area contributed by atoms with Crippen molar-refractivity contribution >= 4 is 11.9 Å². The second kappa shape index (κ2) is 8.17. The minimum absolute atomic E-state index is 0.0816. The third kappa shape index (κ3) is 4.72. The Morgan fingerprint density at radius 3 is 2.59 bits per heavy atom. The second-order valence-corrected chi connectivity index (χ2v) is 5.33. The highest BCUT2D eigenvalue weighted by Gasteiger charge is 2.15. The highest BCUT2D eigenvalue weighted by Crippen LogP contribution is 2.17. The van der Waals surface area contributed by atoms with Crippen LogP contribution in [0.3, 0.4) is 0 Å². The van der Waals surface area contributed by atoms with Crippen molar-refractivity contribution in [2.24, 2.45) is 0 Å². The Bertz CT molecular complexity index is 960. The fourth-order valence-corrected chi connectivity index (χ4v) is 2.12. The molecular formula is C18H13F2N3O4. The van der Waals surface area contributed by atoms with Crippen LogP contribution in [0.4, 0.5) is 8.78 Å². The van der Waals surface area contributed by atoms with E-state index in [1.165, 1.54) is 0 Å². The van der Waals surface area contributed by atoms with E-state index in [-0.39, 0.29) is 24.0 Å². The summed E-state index contributed by atoms with van der Waals surface area (Å²) in [4.78, 5) is 23.5. The molecule has 138 valence electrons. The monoisotopic (exact) mass is 373 g/mol. The summed E-state index contributed by atoms with van der Waals surface area (Å²) in [5, 5.41) is 9.79. The van der Waals surface area contributed by atoms with Gasteiger partial charge < -0.3 is 14.5 Å². The standard InChI is InChI=1S/C18H13F2N3O4/c19-12-6-7-13(14(20)8-12)17(25)21-9-16(24)26-10-15-22-23-18(27-15)11-4-2-1-3-5-11/h1-8H,9-10H2,(H,21,25). The van der Waals surface area contributed by atoms with Gasteiger partial charge in [-0.25, -0.2) is 8.78 Å². The Labute approximate surface area is 152 Å². The molecule has 1 aromatic heterocycles. The maximum atomic E-state index is 13.5. The van der Waals surface area contributed by atoms with Gasteiger partial charge in [0.05, 0.1) is 5.56 Å². The molecule has 9 heteroatoms. The van der Waals surface area contributed by atoms with E-state index in [0.29, 0.717) is 6.07 Å². The predicted molar refractivity (Wildman–Crippen MR) is 88.2 cm³/mol. The molecule has 0 bridgehead atoms. The molecule has 0 atom stereocenters. The Balaban J connectivity index is 1.49. The molecule has 7 nitrogen and oxygen atoms in total. The summed E-state index contributed by atoms with van der Waals surface area (Å²) in [6, 6.07) is 11.5. The fourth-order valence-electron chi connectivity index (χ4n) is 2.12. The van der Waals surface area contributed by atoms with Gasteiger partial charge in [-0.15, -0.1) is 10.2 Å². The van der Waals surface area contributed by atoms with Crippen molar-refractivity contribution in [1.82, 2.24) is 15.5 Å². The van der Waals surface area contributed by atoms with Crippen LogP contribution in [0.2, 0.25) is 0 Å². The van der Waals surface area contributed by atoms with E-state index in [2.05, 4.69) is 15.5 Å². The summed E-state index contributed by atoms with van der Waals surface area (Å²) >= 11 is 0. The van der Waals surface area contributed by atoms with E-state index in [1.807, 2.05) is 18.2 Å². The summed E-state index contributed by atoms with van der Waals surface area (Å²) < 4.78 is 36.6. The smallest absolute Gasteiger partial charge is 0.325 e. The molecular weight excluding hydrogens is 360 g/mol. The highest BCUT2D eigenvalue weighted by molar-refractivity contribution is 5.96. The zero-order chi connectivity index (χ0) is 19.2. The molecule has 3 aromatic rings. The van der Waals surface area contributed by atoms with Crippen LogP contribution in [0.25, 0.3) is 11.5 Å². The lowest BCUT2D eigenvalue weighted by Gasteiger charge is -2.06. The second-order valence-electron chi connectivity index (χ2n) is 5.33. The highest BCUT2D eigenvalue weighted by atomic mass is 19.1. The third-order valence-electron chi connectivity index (χ3n) is 3.41. The van der Waals surface area contributed by atoms with E-state index in [0.717, 1.165) is 17.7 Å². The lowest BCUT2D eigenvalue weighted by molar-refractivity contribution is -0.144. The van der Waals surface area contributed by atoms with Crippen LogP contribution in [0, 0.1) is 11.6 Å². The molecule has 2 aromatic carbocycles. The molecule has 0 aliphatic heterocycles. The Hall–Kier alpha value is -3.62. The molecule has 0 saturated carbocycles. The molecule has 0 fully saturated rings. The molecule has 0 aliphatic rings. The van der Waals surface area contributed by atoms with Crippen LogP contribution < -0.4 is 5.32 Å². The number of carbonyl (C=O) groups excluding carboxylic acids is 2. The number of esters is 1. The molecule has 0 aliphatic carbocycles. The summed E-state index contributed by atoms with van der Waals surface area (Å²) in [7, 11) is 0. The first kappa shape index (κ1) is 18.2. The number of amides is 1. The zero-order valence-electron chi connectivity index (χ0n) is 13.8. The van der Waals surface area contributed by atoms with E-state index in [1.54, 1.807) is 12.1 Å². The number of ether oxygens (including phenoxy) is 1. The van der Waals surface area contributed by atoms with Crippen LogP contribution in [0.1, 0.15) is 16.2 Å². The van der Waals surface area contributed by atoms with Crippen molar-refractivity contribution in [2.75, 3.05) is 6.54 Å². The Kier molecular flexibility index (Phi) is 5.50. The summed E-state index contributed by atoms with van der Waals surface area (Å²) in [6.45, 7) is -0.783. The van der Waals surface area contributed by atoms with Crippen LogP contribution in [-0.2, 0) is 16.1 Å². The van der Waals surface area contributed by atoms with Gasteiger partial charge in [-0.05, 0) is 24.3 Å². The first-order chi connectivity index (χ1) is 13.0. The van der Waals surface area contributed by atoms with Crippen molar-refractivity contribution in [3.8, 4) is 11.5 Å². The number of halogens is 2. The van der Waals surface area contributed by atoms with E-state index in [4.69, 9.17) is 9.15 Å². The SMILES string of the molecule is O=C(CNC(=O)c1ccc(F)cc1F)OCc1nnc(-c2ccccc2)o1. The molecule has 1 N–H and O–H groups in total. The fraction of sp³-hybridized carbons (Fsp3) is 0.111. The van der Waals surface area contributed by atoms with Crippen LogP contribution >= 0.6 is 0 Å². The topological polar surface area (TPSA) is 94.3 Å². The van der Waals surface area contributed by atoms with Gasteiger partial charge >= 0.3 is 5.97 Å². The number of hydrogen-bond acceptors (Lipinski definition) is 6. The molecule has 27 heavy (non-hydrogen) atoms. The van der Waals surface area contributed by atoms with E-state index < -0.39 is 30.1 Å². The number of benzene rings is 2. The molecule has 3 rings (SSSR count). The molecule has 0 radical (unpaired) electrons. The zero-order valence-corrected chi connectivity index (χ0v) is 13.8. The van der Waals surface area contributed by atoms with Gasteiger partial charge in [0.1, 0.15) is 18.2 Å². The normalized spacial score (nSPS) is 10.4. The minimum atomic E-state index is -1.03. The third-order valence-corrected chi connectivity index (χ3v) is 3.41. The Morgan fingerprint density at radius 2 is 1.85 bits per heavy atom. The van der Waals surface area contributed by atoms with Crippen molar-refractivity contribution in [2.45, 2.75) is 6.61 Å². The first-order valence-corrected chi connectivity index (χ1v) is 7.79. The largest absolute Gasteiger partial charge is 0.454 e. The molecule has 0 saturated heterocycles. The number of nitrogens with zero attached hydrogens (tertiary/aromatic N) is 2. The van der Waals surface area contributed by atoms with Gasteiger partial charge in [0.15, 0.2) is 6.61 Å². The molecule has 1 amide bonds. The Morgan fingerprint density at radius 1 is 1.07 bits per heavy atom. The lowest BCUT2D eigenvalue weighted by atomic mass is 10.2. The summed E-state index contributed by atoms with van der Waals surface area (Å²) in [5.74, 6) is -3.13. The van der Waals surface area contributed by atoms with E-state index in [9.17, 15) is 18.4 Å². The molecule has 1 heterocycles. The van der Waals surface area contributed by atoms with E-state index >= 15 is 0 Å². The maximum absolute atomic E-state index is 13.5. The number of carbonyl (C=O) groups is 2. The maximum Gasteiger partial charge on any atom is 0.325 e. The van der Waals surface area contributed by atoms with Crippen molar-refractivity contribution < 1.29 is 27.5 Å². The average molecular weight is 373 g/mol. The van der Waals surface area contributed by atoms with Gasteiger partial charge in [0.2, 0.25) is 5.89 Å². The van der Waals surface area contributed by atoms with Gasteiger partial charge in [-0.2, -0.15) is 0 Å². The van der Waals surface area contributed by atoms with Crippen molar-refractivity contribution in [3.05, 3.63) is 71.6 Å². The van der Waals surface area contributed by atoms with Gasteiger partial charge in [0, 0.05) is 11.6 Å². The number of nitrogens with one attached hydrogen (secondary N) is 1. The van der Waals surface area contributed by atoms with Gasteiger partial charge in [-0.1, -0.05) is 18.2 Å². The summed E-state index contributed by atoms with van der Waals surface area (Å²) in [6.07, 6.45) is 0. The number of aromatic nitrogens is 2. The lowest BCUT2D eigenvalue weighted by Crippen LogP contribution is -2.31. The quantitative estimate of drug-likeness (QED) is 0.667. The van der Waals surface area contributed by atoms with Crippen molar-refractivity contribution in [1.29, 1.82) is 0 Å². The summed E-state index contributed by atoms with van der Waals surface area (Å²) in [5.41, 5.74) is 0.338. The minimum Gasteiger partial charge on any atom is -0.454 e. The van der Waals surface area contributed by atoms with Gasteiger partial charge in [0.25, 0.3) is 11.8 Å². The van der Waals surface area contributed by atoms with Crippen molar-refractivity contribution in [3.63, 3.8) is 0 Å². The first-order valence-electron chi connectivity index (χ1n) is 7.79. The van der Waals surface area contributed by atoms with Crippen LogP contribution in [0.15, 0.2) is 52.9 Å². The average Bonchev–Trinajstić information content (AvgIpc) is 3.14. The number of rotatable bonds is 6. The van der Waals surface area contributed by atoms with Gasteiger partial charge in [-0.3, -0.25) is 9.59 Å². The molecule has 0 unspecified atom stereocenters. The molecule has 0 spiro atoms. The van der Waals surface area contributed by atoms with Crippen LogP contribution in [0.5, 0.6) is 0 Å².